The van der Waals surface area contributed by atoms with Gasteiger partial charge in [-0.2, -0.15) is 0 Å². The first-order valence-corrected chi connectivity index (χ1v) is 6.50. The van der Waals surface area contributed by atoms with Gasteiger partial charge in [-0.05, 0) is 26.0 Å². The normalized spacial score (nSPS) is 10.5. The number of ether oxygens (including phenoxy) is 1. The minimum absolute atomic E-state index is 0.0583. The second kappa shape index (κ2) is 7.49. The number of nitrogens with zero attached hydrogens (tertiary/aromatic N) is 1. The van der Waals surface area contributed by atoms with Gasteiger partial charge in [-0.3, -0.25) is 0 Å². The number of phenols is 1. The summed E-state index contributed by atoms with van der Waals surface area (Å²) in [5, 5.41) is 21.3. The van der Waals surface area contributed by atoms with Crippen molar-refractivity contribution in [1.29, 1.82) is 0 Å². The van der Waals surface area contributed by atoms with Crippen LogP contribution in [0, 0.1) is 0 Å². The number of carboxylic acids is 1. The van der Waals surface area contributed by atoms with Gasteiger partial charge in [0.2, 0.25) is 0 Å². The third-order valence-corrected chi connectivity index (χ3v) is 2.93. The van der Waals surface area contributed by atoms with Crippen LogP contribution in [-0.4, -0.2) is 53.4 Å². The highest BCUT2D eigenvalue weighted by molar-refractivity contribution is 5.97. The molecular weight excluding hydrogens is 276 g/mol. The van der Waals surface area contributed by atoms with Crippen LogP contribution in [0.2, 0.25) is 0 Å². The number of nitrogens with one attached hydrogen (secondary N) is 1. The average Bonchev–Trinajstić information content (AvgIpc) is 2.40. The average molecular weight is 296 g/mol. The summed E-state index contributed by atoms with van der Waals surface area (Å²) in [7, 11) is 1.54. The molecular formula is C14H20N2O5. The van der Waals surface area contributed by atoms with E-state index in [1.807, 2.05) is 13.8 Å². The Balaban J connectivity index is 2.91. The summed E-state index contributed by atoms with van der Waals surface area (Å²) in [6.45, 7) is 4.47. The molecule has 0 aromatic heterocycles. The highest BCUT2D eigenvalue weighted by Crippen LogP contribution is 2.27. The van der Waals surface area contributed by atoms with Gasteiger partial charge < -0.3 is 25.2 Å². The zero-order chi connectivity index (χ0) is 16.0. The molecule has 7 heteroatoms. The van der Waals surface area contributed by atoms with Crippen molar-refractivity contribution in [3.63, 3.8) is 0 Å². The number of hydrogen-bond donors (Lipinski definition) is 3. The van der Waals surface area contributed by atoms with E-state index >= 15 is 0 Å². The number of benzene rings is 1. The molecule has 0 radical (unpaired) electrons. The summed E-state index contributed by atoms with van der Waals surface area (Å²) in [5.41, 5.74) is -0.205. The van der Waals surface area contributed by atoms with Gasteiger partial charge in [0.1, 0.15) is 5.56 Å². The number of carbonyl (C=O) groups is 2. The van der Waals surface area contributed by atoms with Crippen LogP contribution in [0.1, 0.15) is 24.2 Å². The number of aromatic carboxylic acids is 1. The highest BCUT2D eigenvalue weighted by Gasteiger charge is 2.19. The quantitative estimate of drug-likeness (QED) is 0.697. The van der Waals surface area contributed by atoms with Gasteiger partial charge in [0, 0.05) is 19.7 Å². The molecule has 0 aliphatic rings. The molecule has 1 rings (SSSR count). The maximum absolute atomic E-state index is 12.2. The molecule has 0 aliphatic heterocycles. The Hall–Kier alpha value is -2.28. The number of amides is 2. The molecule has 0 saturated heterocycles. The number of para-hydroxylation sites is 1. The fraction of sp³-hybridized carbons (Fsp3) is 0.429. The number of carboxylic acid groups (broad SMARTS) is 1. The van der Waals surface area contributed by atoms with Crippen LogP contribution in [-0.2, 0) is 4.74 Å². The molecule has 0 heterocycles. The van der Waals surface area contributed by atoms with Gasteiger partial charge in [0.25, 0.3) is 0 Å². The van der Waals surface area contributed by atoms with E-state index in [1.54, 1.807) is 7.11 Å². The summed E-state index contributed by atoms with van der Waals surface area (Å²) in [5.74, 6) is -1.72. The Bertz CT molecular complexity index is 516. The largest absolute Gasteiger partial charge is 0.505 e. The van der Waals surface area contributed by atoms with Crippen LogP contribution in [0.5, 0.6) is 5.75 Å². The number of carbonyl (C=O) groups excluding carboxylic acids is 1. The number of methoxy groups -OCH3 is 1. The van der Waals surface area contributed by atoms with Gasteiger partial charge in [-0.1, -0.05) is 6.07 Å². The van der Waals surface area contributed by atoms with Crippen molar-refractivity contribution in [3.8, 4) is 5.75 Å². The van der Waals surface area contributed by atoms with Crippen molar-refractivity contribution in [1.82, 2.24) is 4.90 Å². The smallest absolute Gasteiger partial charge is 0.339 e. The Morgan fingerprint density at radius 1 is 1.38 bits per heavy atom. The van der Waals surface area contributed by atoms with E-state index < -0.39 is 17.7 Å². The Labute approximate surface area is 123 Å². The van der Waals surface area contributed by atoms with E-state index in [0.717, 1.165) is 0 Å². The van der Waals surface area contributed by atoms with Crippen molar-refractivity contribution in [2.75, 3.05) is 25.6 Å². The Morgan fingerprint density at radius 3 is 2.57 bits per heavy atom. The van der Waals surface area contributed by atoms with E-state index in [-0.39, 0.29) is 17.3 Å². The van der Waals surface area contributed by atoms with Crippen molar-refractivity contribution in [3.05, 3.63) is 23.8 Å². The van der Waals surface area contributed by atoms with Crippen LogP contribution < -0.4 is 5.32 Å². The van der Waals surface area contributed by atoms with Crippen molar-refractivity contribution >= 4 is 17.7 Å². The summed E-state index contributed by atoms with van der Waals surface area (Å²) in [6.07, 6.45) is 0. The standard InChI is InChI=1S/C14H20N2O5/c1-9(2)16(7-8-21-3)14(20)15-11-6-4-5-10(12(11)17)13(18)19/h4-6,9,17H,7-8H2,1-3H3,(H,15,20)(H,18,19). The summed E-state index contributed by atoms with van der Waals surface area (Å²) < 4.78 is 4.95. The molecule has 0 atom stereocenters. The third-order valence-electron chi connectivity index (χ3n) is 2.93. The zero-order valence-corrected chi connectivity index (χ0v) is 12.3. The SMILES string of the molecule is COCCN(C(=O)Nc1cccc(C(=O)O)c1O)C(C)C. The van der Waals surface area contributed by atoms with Gasteiger partial charge in [-0.25, -0.2) is 9.59 Å². The minimum Gasteiger partial charge on any atom is -0.505 e. The van der Waals surface area contributed by atoms with E-state index in [4.69, 9.17) is 9.84 Å². The molecule has 3 N–H and O–H groups in total. The summed E-state index contributed by atoms with van der Waals surface area (Å²) >= 11 is 0. The van der Waals surface area contributed by atoms with Crippen molar-refractivity contribution in [2.24, 2.45) is 0 Å². The van der Waals surface area contributed by atoms with E-state index in [9.17, 15) is 14.7 Å². The number of hydrogen-bond acceptors (Lipinski definition) is 4. The van der Waals surface area contributed by atoms with Gasteiger partial charge >= 0.3 is 12.0 Å². The molecule has 0 bridgehead atoms. The van der Waals surface area contributed by atoms with Crippen molar-refractivity contribution in [2.45, 2.75) is 19.9 Å². The number of urea groups is 1. The molecule has 21 heavy (non-hydrogen) atoms. The zero-order valence-electron chi connectivity index (χ0n) is 12.3. The first kappa shape index (κ1) is 16.8. The van der Waals surface area contributed by atoms with Crippen LogP contribution in [0.25, 0.3) is 0 Å². The molecule has 1 aromatic rings. The molecule has 116 valence electrons. The Morgan fingerprint density at radius 2 is 2.05 bits per heavy atom. The van der Waals surface area contributed by atoms with Crippen molar-refractivity contribution < 1.29 is 24.5 Å². The van der Waals surface area contributed by atoms with Gasteiger partial charge in [0.15, 0.2) is 5.75 Å². The van der Waals surface area contributed by atoms with E-state index in [2.05, 4.69) is 5.32 Å². The summed E-state index contributed by atoms with van der Waals surface area (Å²) in [6, 6.07) is 3.66. The number of rotatable bonds is 6. The predicted octanol–water partition coefficient (Wildman–Crippen LogP) is 1.98. The third kappa shape index (κ3) is 4.35. The molecule has 0 unspecified atom stereocenters. The Kier molecular flexibility index (Phi) is 5.98. The first-order valence-electron chi connectivity index (χ1n) is 6.50. The fourth-order valence-electron chi connectivity index (χ4n) is 1.79. The number of anilines is 1. The molecule has 1 aromatic carbocycles. The lowest BCUT2D eigenvalue weighted by Gasteiger charge is -2.26. The lowest BCUT2D eigenvalue weighted by atomic mass is 10.1. The van der Waals surface area contributed by atoms with E-state index in [1.165, 1.54) is 23.1 Å². The minimum atomic E-state index is -1.26. The summed E-state index contributed by atoms with van der Waals surface area (Å²) in [4.78, 5) is 24.7. The van der Waals surface area contributed by atoms with Crippen LogP contribution >= 0.6 is 0 Å². The molecule has 0 aliphatic carbocycles. The second-order valence-electron chi connectivity index (χ2n) is 4.72. The maximum Gasteiger partial charge on any atom is 0.339 e. The second-order valence-corrected chi connectivity index (χ2v) is 4.72. The lowest BCUT2D eigenvalue weighted by Crippen LogP contribution is -2.42. The van der Waals surface area contributed by atoms with Gasteiger partial charge in [-0.15, -0.1) is 0 Å². The maximum atomic E-state index is 12.2. The van der Waals surface area contributed by atoms with Gasteiger partial charge in [0.05, 0.1) is 12.3 Å². The predicted molar refractivity (Wildman–Crippen MR) is 77.8 cm³/mol. The first-order chi connectivity index (χ1) is 9.88. The topological polar surface area (TPSA) is 99.1 Å². The lowest BCUT2D eigenvalue weighted by molar-refractivity contribution is 0.0693. The van der Waals surface area contributed by atoms with Crippen LogP contribution in [0.3, 0.4) is 0 Å². The van der Waals surface area contributed by atoms with Crippen LogP contribution in [0.15, 0.2) is 18.2 Å². The number of aromatic hydroxyl groups is 1. The molecule has 2 amide bonds. The monoisotopic (exact) mass is 296 g/mol. The van der Waals surface area contributed by atoms with Crippen LogP contribution in [0.4, 0.5) is 10.5 Å². The highest BCUT2D eigenvalue weighted by atomic mass is 16.5. The van der Waals surface area contributed by atoms with E-state index in [0.29, 0.717) is 13.2 Å². The fourth-order valence-corrected chi connectivity index (χ4v) is 1.79. The molecule has 0 saturated carbocycles. The molecule has 0 fully saturated rings. The molecule has 0 spiro atoms. The molecule has 7 nitrogen and oxygen atoms in total.